The molecule has 1 heterocycles. The van der Waals surface area contributed by atoms with Crippen LogP contribution in [0.2, 0.25) is 0 Å². The third-order valence-electron chi connectivity index (χ3n) is 14.2. The van der Waals surface area contributed by atoms with E-state index in [1.165, 1.54) is 103 Å². The SMILES string of the molecule is CCCCCCCCOc1cc2c3cc(OCCCCCCCC)c(OCCCCCCCC)cc3c3nc4cc(N/C=C/C(=O)C(C)(C)C)c(N/C=C/C(=O)C(C)(C)C)cc4nc3c2cc1OCCCCCCCC. The van der Waals surface area contributed by atoms with E-state index < -0.39 is 10.8 Å². The summed E-state index contributed by atoms with van der Waals surface area (Å²) in [5.41, 5.74) is 3.03. The van der Waals surface area contributed by atoms with Crippen molar-refractivity contribution in [2.24, 2.45) is 10.8 Å². The van der Waals surface area contributed by atoms with E-state index in [1.807, 2.05) is 53.7 Å². The summed E-state index contributed by atoms with van der Waals surface area (Å²) < 4.78 is 27.0. The van der Waals surface area contributed by atoms with Gasteiger partial charge in [0, 0.05) is 34.0 Å². The number of unbranched alkanes of at least 4 members (excludes halogenated alkanes) is 20. The Hall–Kier alpha value is -5.38. The van der Waals surface area contributed by atoms with Crippen LogP contribution in [-0.4, -0.2) is 48.0 Å². The minimum atomic E-state index is -0.538. The fourth-order valence-electron chi connectivity index (χ4n) is 9.30. The molecular weight excluding hydrogens is 945 g/mol. The molecule has 10 heteroatoms. The number of ether oxygens (including phenoxy) is 4. The molecule has 2 N–H and O–H groups in total. The van der Waals surface area contributed by atoms with E-state index in [9.17, 15) is 9.59 Å². The summed E-state index contributed by atoms with van der Waals surface area (Å²) in [6.07, 6.45) is 34.6. The number of hydrogen-bond acceptors (Lipinski definition) is 10. The van der Waals surface area contributed by atoms with Crippen molar-refractivity contribution in [3.63, 3.8) is 0 Å². The average Bonchev–Trinajstić information content (AvgIpc) is 3.45. The van der Waals surface area contributed by atoms with Crippen LogP contribution in [0.15, 0.2) is 61.0 Å². The first-order valence-corrected chi connectivity index (χ1v) is 29.9. The topological polar surface area (TPSA) is 121 Å². The zero-order chi connectivity index (χ0) is 54.8. The van der Waals surface area contributed by atoms with Gasteiger partial charge in [0.1, 0.15) is 0 Å². The van der Waals surface area contributed by atoms with Crippen molar-refractivity contribution in [3.05, 3.63) is 61.0 Å². The molecule has 0 spiro atoms. The molecule has 1 aromatic heterocycles. The molecule has 0 aliphatic rings. The maximum Gasteiger partial charge on any atom is 0.162 e. The van der Waals surface area contributed by atoms with Crippen LogP contribution in [0.3, 0.4) is 0 Å². The van der Waals surface area contributed by atoms with Gasteiger partial charge in [-0.25, -0.2) is 9.97 Å². The molecule has 0 unspecified atom stereocenters. The minimum Gasteiger partial charge on any atom is -0.490 e. The number of ketones is 2. The Balaban J connectivity index is 1.74. The summed E-state index contributed by atoms with van der Waals surface area (Å²) in [6.45, 7) is 22.8. The molecule has 0 aliphatic heterocycles. The second-order valence-corrected chi connectivity index (χ2v) is 23.1. The number of hydrogen-bond donors (Lipinski definition) is 2. The maximum atomic E-state index is 13.0. The summed E-state index contributed by atoms with van der Waals surface area (Å²) >= 11 is 0. The van der Waals surface area contributed by atoms with Crippen molar-refractivity contribution in [3.8, 4) is 23.0 Å². The van der Waals surface area contributed by atoms with Crippen LogP contribution in [0, 0.1) is 10.8 Å². The largest absolute Gasteiger partial charge is 0.490 e. The van der Waals surface area contributed by atoms with Crippen LogP contribution in [0.25, 0.3) is 43.6 Å². The lowest BCUT2D eigenvalue weighted by molar-refractivity contribution is -0.122. The van der Waals surface area contributed by atoms with Crippen molar-refractivity contribution >= 4 is 66.6 Å². The average molecular weight is 1040 g/mol. The zero-order valence-electron chi connectivity index (χ0n) is 48.9. The van der Waals surface area contributed by atoms with Crippen molar-refractivity contribution in [1.29, 1.82) is 0 Å². The lowest BCUT2D eigenvalue weighted by atomic mass is 9.91. The van der Waals surface area contributed by atoms with Crippen LogP contribution in [0.1, 0.15) is 223 Å². The first-order valence-electron chi connectivity index (χ1n) is 29.9. The van der Waals surface area contributed by atoms with Gasteiger partial charge in [-0.2, -0.15) is 0 Å². The first kappa shape index (κ1) is 61.5. The van der Waals surface area contributed by atoms with Gasteiger partial charge < -0.3 is 29.6 Å². The minimum absolute atomic E-state index is 0.00812. The van der Waals surface area contributed by atoms with Crippen molar-refractivity contribution in [2.75, 3.05) is 37.1 Å². The smallest absolute Gasteiger partial charge is 0.162 e. The number of allylic oxidation sites excluding steroid dienone is 2. The predicted octanol–water partition coefficient (Wildman–Crippen LogP) is 19.1. The summed E-state index contributed by atoms with van der Waals surface area (Å²) in [5, 5.41) is 10.5. The molecule has 418 valence electrons. The quantitative estimate of drug-likeness (QED) is 0.0171. The highest BCUT2D eigenvalue weighted by Crippen LogP contribution is 2.45. The third kappa shape index (κ3) is 19.6. The number of anilines is 2. The fraction of sp³-hybridized carbons (Fsp3) is 0.606. The molecule has 0 saturated carbocycles. The molecule has 5 aromatic rings. The van der Waals surface area contributed by atoms with E-state index >= 15 is 0 Å². The van der Waals surface area contributed by atoms with Gasteiger partial charge in [0.05, 0.1) is 59.9 Å². The van der Waals surface area contributed by atoms with Gasteiger partial charge in [-0.05, 0) is 85.0 Å². The summed E-state index contributed by atoms with van der Waals surface area (Å²) in [7, 11) is 0. The highest BCUT2D eigenvalue weighted by Gasteiger charge is 2.22. The summed E-state index contributed by atoms with van der Waals surface area (Å²) in [6, 6.07) is 12.5. The van der Waals surface area contributed by atoms with Gasteiger partial charge in [0.15, 0.2) is 34.6 Å². The molecule has 5 rings (SSSR count). The van der Waals surface area contributed by atoms with E-state index in [0.717, 1.165) is 95.4 Å². The Labute approximate surface area is 458 Å². The normalized spacial score (nSPS) is 12.2. The number of benzene rings is 4. The number of nitrogens with zero attached hydrogens (tertiary/aromatic N) is 2. The Morgan fingerprint density at radius 2 is 0.658 bits per heavy atom. The van der Waals surface area contributed by atoms with E-state index in [-0.39, 0.29) is 11.6 Å². The Morgan fingerprint density at radius 3 is 0.934 bits per heavy atom. The first-order chi connectivity index (χ1) is 36.7. The van der Waals surface area contributed by atoms with Gasteiger partial charge >= 0.3 is 0 Å². The van der Waals surface area contributed by atoms with Crippen LogP contribution in [0.5, 0.6) is 23.0 Å². The molecule has 4 aromatic carbocycles. The van der Waals surface area contributed by atoms with E-state index in [1.54, 1.807) is 24.6 Å². The Bertz CT molecular complexity index is 2460. The summed E-state index contributed by atoms with van der Waals surface area (Å²) in [4.78, 5) is 37.0. The highest BCUT2D eigenvalue weighted by molar-refractivity contribution is 6.25. The molecule has 0 fully saturated rings. The zero-order valence-corrected chi connectivity index (χ0v) is 48.9. The molecule has 0 amide bonds. The van der Waals surface area contributed by atoms with Crippen LogP contribution < -0.4 is 29.6 Å². The number of aromatic nitrogens is 2. The molecule has 0 radical (unpaired) electrons. The van der Waals surface area contributed by atoms with Gasteiger partial charge in [-0.15, -0.1) is 0 Å². The highest BCUT2D eigenvalue weighted by atomic mass is 16.5. The van der Waals surface area contributed by atoms with Crippen molar-refractivity contribution in [1.82, 2.24) is 9.97 Å². The molecular formula is C66H98N4O6. The number of fused-ring (bicyclic) bond motifs is 7. The molecule has 0 aliphatic carbocycles. The Kier molecular flexibility index (Phi) is 26.2. The van der Waals surface area contributed by atoms with E-state index in [2.05, 4.69) is 62.6 Å². The molecule has 10 nitrogen and oxygen atoms in total. The van der Waals surface area contributed by atoms with Gasteiger partial charge in [0.25, 0.3) is 0 Å². The molecule has 76 heavy (non-hydrogen) atoms. The Morgan fingerprint density at radius 1 is 0.395 bits per heavy atom. The molecule has 0 saturated heterocycles. The number of carbonyl (C=O) groups excluding carboxylic acids is 2. The lowest BCUT2D eigenvalue weighted by Gasteiger charge is -2.19. The van der Waals surface area contributed by atoms with Crippen LogP contribution in [0.4, 0.5) is 11.4 Å². The third-order valence-corrected chi connectivity index (χ3v) is 14.2. The van der Waals surface area contributed by atoms with Crippen molar-refractivity contribution in [2.45, 2.75) is 223 Å². The van der Waals surface area contributed by atoms with Crippen molar-refractivity contribution < 1.29 is 28.5 Å². The van der Waals surface area contributed by atoms with E-state index in [4.69, 9.17) is 28.9 Å². The summed E-state index contributed by atoms with van der Waals surface area (Å²) in [5.74, 6) is 2.87. The van der Waals surface area contributed by atoms with E-state index in [0.29, 0.717) is 60.3 Å². The molecule has 0 bridgehead atoms. The number of rotatable bonds is 38. The predicted molar refractivity (Wildman–Crippen MR) is 322 cm³/mol. The van der Waals surface area contributed by atoms with Gasteiger partial charge in [0.2, 0.25) is 0 Å². The second kappa shape index (κ2) is 32.4. The second-order valence-electron chi connectivity index (χ2n) is 23.1. The lowest BCUT2D eigenvalue weighted by Crippen LogP contribution is -2.17. The van der Waals surface area contributed by atoms with Crippen LogP contribution in [-0.2, 0) is 9.59 Å². The van der Waals surface area contributed by atoms with Crippen LogP contribution >= 0.6 is 0 Å². The maximum absolute atomic E-state index is 13.0. The monoisotopic (exact) mass is 1040 g/mol. The van der Waals surface area contributed by atoms with Gasteiger partial charge in [-0.3, -0.25) is 9.59 Å². The van der Waals surface area contributed by atoms with Gasteiger partial charge in [-0.1, -0.05) is 198 Å². The number of carbonyl (C=O) groups is 2. The fourth-order valence-corrected chi connectivity index (χ4v) is 9.30. The number of nitrogens with one attached hydrogen (secondary N) is 2. The molecule has 0 atom stereocenters. The standard InChI is InChI=1S/C66H98N4O6/c1-11-15-19-23-27-31-39-73-57-43-49-50-44-58(74-40-32-28-24-20-16-12-2)60(76-42-34-30-26-22-18-14-4)46-52(50)64-63(51(49)45-59(57)75-41-33-29-25-21-17-13-3)69-55-47-53(67-37-35-61(71)65(5,6)7)54(48-56(55)70-64)68-38-36-62(72)66(8,9)10/h35-38,43-48,67-68H,11-34,39-42H2,1-10H3/b37-35+,38-36+.